The molecule has 2 heterocycles. The van der Waals surface area contributed by atoms with Crippen molar-refractivity contribution in [2.45, 2.75) is 13.0 Å². The fraction of sp³-hybridized carbons (Fsp3) is 0.167. The van der Waals surface area contributed by atoms with Crippen molar-refractivity contribution in [2.24, 2.45) is 0 Å². The van der Waals surface area contributed by atoms with E-state index in [-0.39, 0.29) is 0 Å². The van der Waals surface area contributed by atoms with Crippen LogP contribution in [0.25, 0.3) is 0 Å². The molecule has 0 spiro atoms. The molecule has 1 N–H and O–H groups in total. The van der Waals surface area contributed by atoms with Gasteiger partial charge in [-0.25, -0.2) is 4.98 Å². The summed E-state index contributed by atoms with van der Waals surface area (Å²) < 4.78 is 0. The van der Waals surface area contributed by atoms with Gasteiger partial charge in [0, 0.05) is 24.2 Å². The van der Waals surface area contributed by atoms with Crippen molar-refractivity contribution in [3.8, 4) is 0 Å². The standard InChI is InChI=1S/C12H11ClN2O/c1-8-2-4-14-7-10(8)12(16)9-3-5-15-11(13)6-9/h2-7,12,16H,1H3. The molecule has 4 heteroatoms. The maximum absolute atomic E-state index is 10.2. The molecule has 1 unspecified atom stereocenters. The van der Waals surface area contributed by atoms with Crippen molar-refractivity contribution in [1.29, 1.82) is 0 Å². The molecule has 2 rings (SSSR count). The number of pyridine rings is 2. The zero-order valence-corrected chi connectivity index (χ0v) is 9.52. The highest BCUT2D eigenvalue weighted by molar-refractivity contribution is 6.29. The van der Waals surface area contributed by atoms with Crippen LogP contribution in [-0.4, -0.2) is 15.1 Å². The zero-order chi connectivity index (χ0) is 11.5. The van der Waals surface area contributed by atoms with E-state index in [0.29, 0.717) is 5.15 Å². The summed E-state index contributed by atoms with van der Waals surface area (Å²) in [6.45, 7) is 1.93. The van der Waals surface area contributed by atoms with Crippen molar-refractivity contribution in [2.75, 3.05) is 0 Å². The van der Waals surface area contributed by atoms with Crippen LogP contribution in [0.5, 0.6) is 0 Å². The van der Waals surface area contributed by atoms with Crippen molar-refractivity contribution < 1.29 is 5.11 Å². The summed E-state index contributed by atoms with van der Waals surface area (Å²) in [5.41, 5.74) is 2.50. The van der Waals surface area contributed by atoms with Gasteiger partial charge in [-0.1, -0.05) is 11.6 Å². The Balaban J connectivity index is 2.39. The number of hydrogen-bond acceptors (Lipinski definition) is 3. The predicted octanol–water partition coefficient (Wildman–Crippen LogP) is 2.52. The number of aryl methyl sites for hydroxylation is 1. The van der Waals surface area contributed by atoms with Crippen molar-refractivity contribution >= 4 is 11.6 Å². The minimum atomic E-state index is -0.714. The Morgan fingerprint density at radius 1 is 1.31 bits per heavy atom. The van der Waals surface area contributed by atoms with Gasteiger partial charge in [0.15, 0.2) is 0 Å². The van der Waals surface area contributed by atoms with E-state index in [1.807, 2.05) is 13.0 Å². The zero-order valence-electron chi connectivity index (χ0n) is 8.76. The Labute approximate surface area is 98.8 Å². The van der Waals surface area contributed by atoms with E-state index < -0.39 is 6.10 Å². The second-order valence-electron chi connectivity index (χ2n) is 3.55. The highest BCUT2D eigenvalue weighted by atomic mass is 35.5. The minimum Gasteiger partial charge on any atom is -0.384 e. The van der Waals surface area contributed by atoms with Gasteiger partial charge in [-0.15, -0.1) is 0 Å². The van der Waals surface area contributed by atoms with Crippen LogP contribution in [0, 0.1) is 6.92 Å². The molecule has 0 aliphatic rings. The summed E-state index contributed by atoms with van der Waals surface area (Å²) in [4.78, 5) is 7.88. The van der Waals surface area contributed by atoms with E-state index in [1.165, 1.54) is 0 Å². The number of halogens is 1. The van der Waals surface area contributed by atoms with Crippen LogP contribution in [0.2, 0.25) is 5.15 Å². The molecule has 0 amide bonds. The average Bonchev–Trinajstić information content (AvgIpc) is 2.29. The molecule has 16 heavy (non-hydrogen) atoms. The fourth-order valence-corrected chi connectivity index (χ4v) is 1.71. The lowest BCUT2D eigenvalue weighted by Gasteiger charge is -2.13. The molecule has 82 valence electrons. The van der Waals surface area contributed by atoms with Crippen molar-refractivity contribution in [3.63, 3.8) is 0 Å². The Bertz CT molecular complexity index is 502. The van der Waals surface area contributed by atoms with Crippen molar-refractivity contribution in [1.82, 2.24) is 9.97 Å². The summed E-state index contributed by atoms with van der Waals surface area (Å²) >= 11 is 5.78. The minimum absolute atomic E-state index is 0.373. The Kier molecular flexibility index (Phi) is 3.17. The number of aliphatic hydroxyl groups excluding tert-OH is 1. The molecule has 0 radical (unpaired) electrons. The first-order valence-electron chi connectivity index (χ1n) is 4.88. The molecule has 2 aromatic heterocycles. The summed E-state index contributed by atoms with van der Waals surface area (Å²) in [6, 6.07) is 5.25. The third-order valence-corrected chi connectivity index (χ3v) is 2.65. The summed E-state index contributed by atoms with van der Waals surface area (Å²) in [5, 5.41) is 10.5. The van der Waals surface area contributed by atoms with Crippen molar-refractivity contribution in [3.05, 3.63) is 58.6 Å². The van der Waals surface area contributed by atoms with Crippen LogP contribution in [0.15, 0.2) is 36.8 Å². The SMILES string of the molecule is Cc1ccncc1C(O)c1ccnc(Cl)c1. The van der Waals surface area contributed by atoms with Gasteiger partial charge in [-0.3, -0.25) is 4.98 Å². The maximum atomic E-state index is 10.2. The fourth-order valence-electron chi connectivity index (χ4n) is 1.53. The first-order valence-corrected chi connectivity index (χ1v) is 5.26. The van der Waals surface area contributed by atoms with Gasteiger partial charge in [0.25, 0.3) is 0 Å². The molecule has 1 atom stereocenters. The van der Waals surface area contributed by atoms with Gasteiger partial charge in [0.2, 0.25) is 0 Å². The molecule has 0 saturated heterocycles. The first-order chi connectivity index (χ1) is 7.68. The molecule has 0 aromatic carbocycles. The van der Waals surface area contributed by atoms with Crippen LogP contribution >= 0.6 is 11.6 Å². The molecule has 0 bridgehead atoms. The molecule has 0 aliphatic heterocycles. The monoisotopic (exact) mass is 234 g/mol. The van der Waals surface area contributed by atoms with Crippen LogP contribution < -0.4 is 0 Å². The summed E-state index contributed by atoms with van der Waals surface area (Å²) in [6.07, 6.45) is 4.22. The predicted molar refractivity (Wildman–Crippen MR) is 62.3 cm³/mol. The molecule has 3 nitrogen and oxygen atoms in total. The van der Waals surface area contributed by atoms with Crippen LogP contribution in [0.3, 0.4) is 0 Å². The van der Waals surface area contributed by atoms with Crippen LogP contribution in [0.4, 0.5) is 0 Å². The third-order valence-electron chi connectivity index (χ3n) is 2.44. The number of nitrogens with zero attached hydrogens (tertiary/aromatic N) is 2. The van der Waals surface area contributed by atoms with Gasteiger partial charge in [-0.05, 0) is 36.2 Å². The lowest BCUT2D eigenvalue weighted by Crippen LogP contribution is -2.02. The van der Waals surface area contributed by atoms with Gasteiger partial charge in [0.1, 0.15) is 11.3 Å². The van der Waals surface area contributed by atoms with Gasteiger partial charge in [-0.2, -0.15) is 0 Å². The molecule has 0 aliphatic carbocycles. The molecule has 2 aromatic rings. The molecular formula is C12H11ClN2O. The maximum Gasteiger partial charge on any atom is 0.129 e. The summed E-state index contributed by atoms with van der Waals surface area (Å²) in [7, 11) is 0. The molecular weight excluding hydrogens is 224 g/mol. The first kappa shape index (κ1) is 11.0. The van der Waals surface area contributed by atoms with Gasteiger partial charge < -0.3 is 5.11 Å². The smallest absolute Gasteiger partial charge is 0.129 e. The number of aromatic nitrogens is 2. The summed E-state index contributed by atoms with van der Waals surface area (Å²) in [5.74, 6) is 0. The van der Waals surface area contributed by atoms with Gasteiger partial charge >= 0.3 is 0 Å². The normalized spacial score (nSPS) is 12.4. The van der Waals surface area contributed by atoms with E-state index in [2.05, 4.69) is 9.97 Å². The second-order valence-corrected chi connectivity index (χ2v) is 3.93. The molecule has 0 fully saturated rings. The van der Waals surface area contributed by atoms with Gasteiger partial charge in [0.05, 0.1) is 0 Å². The highest BCUT2D eigenvalue weighted by Gasteiger charge is 2.13. The quantitative estimate of drug-likeness (QED) is 0.813. The number of aliphatic hydroxyl groups is 1. The Morgan fingerprint density at radius 3 is 2.81 bits per heavy atom. The topological polar surface area (TPSA) is 46.0 Å². The average molecular weight is 235 g/mol. The van der Waals surface area contributed by atoms with E-state index in [4.69, 9.17) is 11.6 Å². The Morgan fingerprint density at radius 2 is 2.12 bits per heavy atom. The lowest BCUT2D eigenvalue weighted by molar-refractivity contribution is 0.219. The van der Waals surface area contributed by atoms with E-state index >= 15 is 0 Å². The third kappa shape index (κ3) is 2.21. The Hall–Kier alpha value is -1.45. The van der Waals surface area contributed by atoms with E-state index in [1.54, 1.807) is 30.7 Å². The van der Waals surface area contributed by atoms with E-state index in [9.17, 15) is 5.11 Å². The largest absolute Gasteiger partial charge is 0.384 e. The lowest BCUT2D eigenvalue weighted by atomic mass is 10.0. The second kappa shape index (κ2) is 4.60. The number of rotatable bonds is 2. The molecule has 0 saturated carbocycles. The van der Waals surface area contributed by atoms with E-state index in [0.717, 1.165) is 16.7 Å². The van der Waals surface area contributed by atoms with Crippen LogP contribution in [0.1, 0.15) is 22.8 Å². The number of hydrogen-bond donors (Lipinski definition) is 1. The van der Waals surface area contributed by atoms with Crippen LogP contribution in [-0.2, 0) is 0 Å². The highest BCUT2D eigenvalue weighted by Crippen LogP contribution is 2.24.